The molecule has 0 radical (unpaired) electrons. The van der Waals surface area contributed by atoms with E-state index in [9.17, 15) is 5.11 Å². The average molecular weight is 260 g/mol. The van der Waals surface area contributed by atoms with Gasteiger partial charge in [0, 0.05) is 6.42 Å². The number of ether oxygens (including phenoxy) is 1. The van der Waals surface area contributed by atoms with Crippen LogP contribution >= 0.6 is 11.3 Å². The van der Waals surface area contributed by atoms with E-state index in [1.807, 2.05) is 12.1 Å². The predicted molar refractivity (Wildman–Crippen MR) is 73.2 cm³/mol. The molecule has 0 aliphatic heterocycles. The van der Waals surface area contributed by atoms with Crippen LogP contribution in [0.1, 0.15) is 23.1 Å². The van der Waals surface area contributed by atoms with Gasteiger partial charge in [-0.25, -0.2) is 0 Å². The normalized spacial score (nSPS) is 21.9. The first-order valence-corrected chi connectivity index (χ1v) is 7.06. The van der Waals surface area contributed by atoms with Crippen LogP contribution in [0.15, 0.2) is 35.0 Å². The third-order valence-electron chi connectivity index (χ3n) is 3.70. The minimum Gasteiger partial charge on any atom is -0.497 e. The largest absolute Gasteiger partial charge is 0.497 e. The van der Waals surface area contributed by atoms with Gasteiger partial charge in [0.05, 0.1) is 12.7 Å². The highest BCUT2D eigenvalue weighted by atomic mass is 32.1. The molecule has 1 aromatic carbocycles. The highest BCUT2D eigenvalue weighted by Gasteiger charge is 2.37. The van der Waals surface area contributed by atoms with Crippen LogP contribution in [0.4, 0.5) is 0 Å². The molecule has 1 aliphatic rings. The van der Waals surface area contributed by atoms with Crippen molar-refractivity contribution in [2.75, 3.05) is 7.11 Å². The van der Waals surface area contributed by atoms with Crippen molar-refractivity contribution in [1.29, 1.82) is 0 Å². The Kier molecular flexibility index (Phi) is 2.88. The zero-order valence-corrected chi connectivity index (χ0v) is 11.2. The van der Waals surface area contributed by atoms with E-state index in [-0.39, 0.29) is 0 Å². The molecule has 0 saturated heterocycles. The summed E-state index contributed by atoms with van der Waals surface area (Å²) >= 11 is 1.67. The maximum absolute atomic E-state index is 10.9. The van der Waals surface area contributed by atoms with Crippen molar-refractivity contribution in [3.8, 4) is 5.75 Å². The summed E-state index contributed by atoms with van der Waals surface area (Å²) in [5, 5.41) is 15.0. The van der Waals surface area contributed by atoms with E-state index >= 15 is 0 Å². The monoisotopic (exact) mass is 260 g/mol. The van der Waals surface area contributed by atoms with E-state index in [2.05, 4.69) is 22.9 Å². The Morgan fingerprint density at radius 2 is 2.28 bits per heavy atom. The van der Waals surface area contributed by atoms with Crippen molar-refractivity contribution in [2.24, 2.45) is 0 Å². The molecule has 1 aliphatic carbocycles. The fraction of sp³-hybridized carbons (Fsp3) is 0.333. The quantitative estimate of drug-likeness (QED) is 0.918. The van der Waals surface area contributed by atoms with Gasteiger partial charge in [-0.15, -0.1) is 0 Å². The lowest BCUT2D eigenvalue weighted by molar-refractivity contribution is 0.0389. The van der Waals surface area contributed by atoms with Gasteiger partial charge in [-0.1, -0.05) is 6.07 Å². The van der Waals surface area contributed by atoms with Crippen LogP contribution in [0, 0.1) is 0 Å². The molecule has 1 aromatic heterocycles. The van der Waals surface area contributed by atoms with Crippen molar-refractivity contribution in [2.45, 2.75) is 24.9 Å². The number of methoxy groups -OCH3 is 1. The van der Waals surface area contributed by atoms with Crippen LogP contribution in [0.5, 0.6) is 5.75 Å². The first-order chi connectivity index (χ1) is 8.71. The van der Waals surface area contributed by atoms with E-state index < -0.39 is 5.60 Å². The fourth-order valence-electron chi connectivity index (χ4n) is 2.72. The molecule has 0 saturated carbocycles. The summed E-state index contributed by atoms with van der Waals surface area (Å²) in [4.78, 5) is 0. The fourth-order valence-corrected chi connectivity index (χ4v) is 3.39. The Balaban J connectivity index is 1.96. The van der Waals surface area contributed by atoms with Crippen LogP contribution in [-0.2, 0) is 18.4 Å². The van der Waals surface area contributed by atoms with E-state index in [0.29, 0.717) is 6.42 Å². The summed E-state index contributed by atoms with van der Waals surface area (Å²) in [5.74, 6) is 0.819. The number of hydrogen-bond donors (Lipinski definition) is 1. The molecular formula is C15H16O2S. The SMILES string of the molecule is COc1ccc2c(c1)C(O)(Cc1ccsc1)CC2. The van der Waals surface area contributed by atoms with Crippen molar-refractivity contribution < 1.29 is 9.84 Å². The lowest BCUT2D eigenvalue weighted by Gasteiger charge is -2.24. The highest BCUT2D eigenvalue weighted by Crippen LogP contribution is 2.41. The number of benzene rings is 1. The van der Waals surface area contributed by atoms with Gasteiger partial charge in [0.25, 0.3) is 0 Å². The maximum atomic E-state index is 10.9. The number of aliphatic hydroxyl groups is 1. The molecule has 0 amide bonds. The standard InChI is InChI=1S/C15H16O2S/c1-17-13-3-2-12-4-6-15(16,14(12)8-13)9-11-5-7-18-10-11/h2-3,5,7-8,10,16H,4,6,9H2,1H3. The Labute approximate surface area is 111 Å². The summed E-state index contributed by atoms with van der Waals surface area (Å²) in [6, 6.07) is 8.10. The van der Waals surface area contributed by atoms with Crippen LogP contribution < -0.4 is 4.74 Å². The van der Waals surface area contributed by atoms with Gasteiger partial charge in [0.2, 0.25) is 0 Å². The van der Waals surface area contributed by atoms with Gasteiger partial charge in [-0.2, -0.15) is 11.3 Å². The molecule has 1 unspecified atom stereocenters. The predicted octanol–water partition coefficient (Wildman–Crippen LogP) is 3.13. The zero-order chi connectivity index (χ0) is 12.6. The summed E-state index contributed by atoms with van der Waals surface area (Å²) in [5.41, 5.74) is 2.75. The first-order valence-electron chi connectivity index (χ1n) is 6.12. The van der Waals surface area contributed by atoms with Crippen LogP contribution in [0.2, 0.25) is 0 Å². The molecule has 3 rings (SSSR count). The minimum atomic E-state index is -0.731. The van der Waals surface area contributed by atoms with Gasteiger partial charge in [0.1, 0.15) is 5.75 Å². The number of rotatable bonds is 3. The van der Waals surface area contributed by atoms with E-state index in [1.165, 1.54) is 11.1 Å². The molecule has 2 aromatic rings. The van der Waals surface area contributed by atoms with Crippen molar-refractivity contribution in [3.63, 3.8) is 0 Å². The Bertz CT molecular complexity index is 548. The van der Waals surface area contributed by atoms with E-state index in [0.717, 1.165) is 24.2 Å². The second kappa shape index (κ2) is 4.41. The third kappa shape index (κ3) is 1.93. The molecule has 3 heteroatoms. The van der Waals surface area contributed by atoms with E-state index in [4.69, 9.17) is 4.74 Å². The average Bonchev–Trinajstić information content (AvgIpc) is 2.99. The van der Waals surface area contributed by atoms with Crippen molar-refractivity contribution in [3.05, 3.63) is 51.7 Å². The third-order valence-corrected chi connectivity index (χ3v) is 4.44. The summed E-state index contributed by atoms with van der Waals surface area (Å²) in [7, 11) is 1.66. The first kappa shape index (κ1) is 11.8. The minimum absolute atomic E-state index is 0.691. The lowest BCUT2D eigenvalue weighted by Crippen LogP contribution is -2.25. The molecule has 0 fully saturated rings. The van der Waals surface area contributed by atoms with Crippen LogP contribution in [-0.4, -0.2) is 12.2 Å². The number of fused-ring (bicyclic) bond motifs is 1. The Morgan fingerprint density at radius 1 is 1.39 bits per heavy atom. The van der Waals surface area contributed by atoms with Crippen LogP contribution in [0.25, 0.3) is 0 Å². The number of hydrogen-bond acceptors (Lipinski definition) is 3. The molecule has 2 nitrogen and oxygen atoms in total. The highest BCUT2D eigenvalue weighted by molar-refractivity contribution is 7.07. The summed E-state index contributed by atoms with van der Waals surface area (Å²) in [6.45, 7) is 0. The number of aryl methyl sites for hydroxylation is 1. The van der Waals surface area contributed by atoms with E-state index in [1.54, 1.807) is 18.4 Å². The molecule has 1 atom stereocenters. The van der Waals surface area contributed by atoms with Crippen molar-refractivity contribution in [1.82, 2.24) is 0 Å². The maximum Gasteiger partial charge on any atom is 0.119 e. The number of thiophene rings is 1. The second-order valence-corrected chi connectivity index (χ2v) is 5.64. The smallest absolute Gasteiger partial charge is 0.119 e. The summed E-state index contributed by atoms with van der Waals surface area (Å²) in [6.07, 6.45) is 2.43. The zero-order valence-electron chi connectivity index (χ0n) is 10.3. The molecule has 1 N–H and O–H groups in total. The Morgan fingerprint density at radius 3 is 3.00 bits per heavy atom. The molecule has 0 spiro atoms. The molecular weight excluding hydrogens is 244 g/mol. The Hall–Kier alpha value is -1.32. The van der Waals surface area contributed by atoms with Crippen molar-refractivity contribution >= 4 is 11.3 Å². The van der Waals surface area contributed by atoms with Gasteiger partial charge < -0.3 is 9.84 Å². The lowest BCUT2D eigenvalue weighted by atomic mass is 9.89. The molecule has 94 valence electrons. The van der Waals surface area contributed by atoms with Gasteiger partial charge >= 0.3 is 0 Å². The molecule has 1 heterocycles. The molecule has 18 heavy (non-hydrogen) atoms. The van der Waals surface area contributed by atoms with Crippen LogP contribution in [0.3, 0.4) is 0 Å². The molecule has 0 bridgehead atoms. The van der Waals surface area contributed by atoms with Gasteiger partial charge in [0.15, 0.2) is 0 Å². The topological polar surface area (TPSA) is 29.5 Å². The second-order valence-electron chi connectivity index (χ2n) is 4.86. The summed E-state index contributed by atoms with van der Waals surface area (Å²) < 4.78 is 5.26. The van der Waals surface area contributed by atoms with Gasteiger partial charge in [-0.3, -0.25) is 0 Å². The van der Waals surface area contributed by atoms with Gasteiger partial charge in [-0.05, 0) is 58.5 Å².